The predicted molar refractivity (Wildman–Crippen MR) is 143 cm³/mol. The summed E-state index contributed by atoms with van der Waals surface area (Å²) in [6.07, 6.45) is 0. The summed E-state index contributed by atoms with van der Waals surface area (Å²) < 4.78 is 0. The topological polar surface area (TPSA) is 55.1 Å². The van der Waals surface area contributed by atoms with Crippen molar-refractivity contribution in [3.05, 3.63) is 121 Å². The number of nitrogens with two attached hydrogens (primary N) is 1. The second-order valence-electron chi connectivity index (χ2n) is 8.49. The molecule has 0 radical (unpaired) electrons. The molecule has 7 rings (SSSR count). The van der Waals surface area contributed by atoms with E-state index in [1.54, 1.807) is 6.07 Å². The number of hydrazine groups is 1. The molecule has 0 saturated heterocycles. The van der Waals surface area contributed by atoms with E-state index in [-0.39, 0.29) is 5.91 Å². The van der Waals surface area contributed by atoms with Gasteiger partial charge in [-0.1, -0.05) is 97.1 Å². The molecule has 0 heterocycles. The Morgan fingerprint density at radius 1 is 0.500 bits per heavy atom. The van der Waals surface area contributed by atoms with Crippen LogP contribution in [0.15, 0.2) is 115 Å². The monoisotopic (exact) mass is 438 g/mol. The minimum atomic E-state index is -0.268. The summed E-state index contributed by atoms with van der Waals surface area (Å²) in [5.41, 5.74) is 2.78. The standard InChI is InChI=1S/C16H10.C15H12N2O/c1-3-11-7-9-13-5-2-6-14-10-8-12(4-1)15(11)16(13)14;16-17-15(18)13-7-3-6-12-8-10-4-1-2-5-11(10)9-14(12)13/h1-10H;1-9H,16H2,(H,17,18). The van der Waals surface area contributed by atoms with Crippen LogP contribution in [0.3, 0.4) is 0 Å². The number of amides is 1. The van der Waals surface area contributed by atoms with Crippen LogP contribution in [0.2, 0.25) is 0 Å². The van der Waals surface area contributed by atoms with E-state index < -0.39 is 0 Å². The van der Waals surface area contributed by atoms with Crippen LogP contribution in [0.4, 0.5) is 0 Å². The number of carbonyl (C=O) groups is 1. The first kappa shape index (κ1) is 20.2. The highest BCUT2D eigenvalue weighted by atomic mass is 16.2. The van der Waals surface area contributed by atoms with Crippen molar-refractivity contribution >= 4 is 59.8 Å². The SMILES string of the molecule is NNC(=O)c1cccc2cc3ccccc3cc12.c1cc2ccc3cccc4ccc(c1)c2c34. The average Bonchev–Trinajstić information content (AvgIpc) is 2.90. The molecular weight excluding hydrogens is 416 g/mol. The van der Waals surface area contributed by atoms with E-state index in [4.69, 9.17) is 5.84 Å². The van der Waals surface area contributed by atoms with Gasteiger partial charge in [0, 0.05) is 5.56 Å². The number of carbonyl (C=O) groups excluding carboxylic acids is 1. The lowest BCUT2D eigenvalue weighted by Crippen LogP contribution is -2.30. The van der Waals surface area contributed by atoms with Gasteiger partial charge in [0.05, 0.1) is 0 Å². The van der Waals surface area contributed by atoms with Gasteiger partial charge in [-0.25, -0.2) is 5.84 Å². The van der Waals surface area contributed by atoms with E-state index in [0.717, 1.165) is 21.5 Å². The summed E-state index contributed by atoms with van der Waals surface area (Å²) in [6, 6.07) is 39.7. The molecule has 3 nitrogen and oxygen atoms in total. The second-order valence-corrected chi connectivity index (χ2v) is 8.49. The highest BCUT2D eigenvalue weighted by Crippen LogP contribution is 2.33. The largest absolute Gasteiger partial charge is 0.290 e. The Morgan fingerprint density at radius 3 is 1.47 bits per heavy atom. The lowest BCUT2D eigenvalue weighted by molar-refractivity contribution is 0.0955. The molecule has 162 valence electrons. The molecule has 0 aliphatic carbocycles. The van der Waals surface area contributed by atoms with Crippen molar-refractivity contribution in [2.75, 3.05) is 0 Å². The molecule has 0 saturated carbocycles. The fraction of sp³-hybridized carbons (Fsp3) is 0. The normalized spacial score (nSPS) is 11.2. The van der Waals surface area contributed by atoms with E-state index in [9.17, 15) is 4.79 Å². The van der Waals surface area contributed by atoms with Gasteiger partial charge in [0.2, 0.25) is 0 Å². The fourth-order valence-electron chi connectivity index (χ4n) is 4.91. The van der Waals surface area contributed by atoms with Crippen LogP contribution in [-0.4, -0.2) is 5.91 Å². The molecule has 0 aliphatic heterocycles. The first-order chi connectivity index (χ1) is 16.7. The zero-order chi connectivity index (χ0) is 23.1. The van der Waals surface area contributed by atoms with Crippen LogP contribution in [0.25, 0.3) is 53.9 Å². The molecule has 3 heteroatoms. The fourth-order valence-corrected chi connectivity index (χ4v) is 4.91. The average molecular weight is 439 g/mol. The molecule has 0 aliphatic rings. The number of nitrogens with one attached hydrogen (secondary N) is 1. The number of hydrogen-bond donors (Lipinski definition) is 2. The van der Waals surface area contributed by atoms with Gasteiger partial charge in [0.15, 0.2) is 0 Å². The van der Waals surface area contributed by atoms with Gasteiger partial charge in [-0.2, -0.15) is 0 Å². The number of fused-ring (bicyclic) bond motifs is 2. The van der Waals surface area contributed by atoms with Crippen LogP contribution in [0.5, 0.6) is 0 Å². The molecular formula is C31H22N2O. The van der Waals surface area contributed by atoms with Gasteiger partial charge < -0.3 is 0 Å². The van der Waals surface area contributed by atoms with Crippen LogP contribution >= 0.6 is 0 Å². The summed E-state index contributed by atoms with van der Waals surface area (Å²) >= 11 is 0. The van der Waals surface area contributed by atoms with Gasteiger partial charge in [-0.3, -0.25) is 10.2 Å². The molecule has 3 N–H and O–H groups in total. The smallest absolute Gasteiger partial charge is 0.265 e. The Bertz CT molecular complexity index is 1690. The molecule has 0 spiro atoms. The molecule has 0 aromatic heterocycles. The zero-order valence-electron chi connectivity index (χ0n) is 18.5. The second kappa shape index (κ2) is 8.14. The molecule has 7 aromatic carbocycles. The van der Waals surface area contributed by atoms with Gasteiger partial charge in [-0.05, 0) is 72.1 Å². The molecule has 1 amide bonds. The van der Waals surface area contributed by atoms with Crippen molar-refractivity contribution in [2.45, 2.75) is 0 Å². The van der Waals surface area contributed by atoms with Crippen molar-refractivity contribution in [1.29, 1.82) is 0 Å². The number of benzene rings is 7. The molecule has 0 unspecified atom stereocenters. The van der Waals surface area contributed by atoms with Gasteiger partial charge in [-0.15, -0.1) is 0 Å². The van der Waals surface area contributed by atoms with Crippen LogP contribution in [0, 0.1) is 0 Å². The minimum absolute atomic E-state index is 0.268. The lowest BCUT2D eigenvalue weighted by atomic mass is 9.95. The van der Waals surface area contributed by atoms with E-state index >= 15 is 0 Å². The summed E-state index contributed by atoms with van der Waals surface area (Å²) in [5.74, 6) is 4.94. The van der Waals surface area contributed by atoms with E-state index in [2.05, 4.69) is 78.2 Å². The summed E-state index contributed by atoms with van der Waals surface area (Å²) in [5, 5.41) is 12.4. The van der Waals surface area contributed by atoms with E-state index in [0.29, 0.717) is 5.56 Å². The van der Waals surface area contributed by atoms with Crippen LogP contribution in [-0.2, 0) is 0 Å². The van der Waals surface area contributed by atoms with Crippen molar-refractivity contribution in [1.82, 2.24) is 5.43 Å². The molecule has 34 heavy (non-hydrogen) atoms. The number of rotatable bonds is 1. The maximum absolute atomic E-state index is 11.7. The Labute approximate surface area is 196 Å². The third-order valence-corrected chi connectivity index (χ3v) is 6.52. The molecule has 0 bridgehead atoms. The first-order valence-corrected chi connectivity index (χ1v) is 11.3. The van der Waals surface area contributed by atoms with Gasteiger partial charge in [0.25, 0.3) is 5.91 Å². The van der Waals surface area contributed by atoms with Crippen molar-refractivity contribution in [3.63, 3.8) is 0 Å². The van der Waals surface area contributed by atoms with Gasteiger partial charge >= 0.3 is 0 Å². The summed E-state index contributed by atoms with van der Waals surface area (Å²) in [7, 11) is 0. The first-order valence-electron chi connectivity index (χ1n) is 11.3. The molecule has 7 aromatic rings. The summed E-state index contributed by atoms with van der Waals surface area (Å²) in [6.45, 7) is 0. The van der Waals surface area contributed by atoms with Crippen molar-refractivity contribution in [2.24, 2.45) is 5.84 Å². The maximum atomic E-state index is 11.7. The zero-order valence-corrected chi connectivity index (χ0v) is 18.5. The predicted octanol–water partition coefficient (Wildman–Crippen LogP) is 7.18. The Balaban J connectivity index is 0.000000128. The van der Waals surface area contributed by atoms with Crippen molar-refractivity contribution < 1.29 is 4.79 Å². The third kappa shape index (κ3) is 3.31. The lowest BCUT2D eigenvalue weighted by Gasteiger charge is -2.09. The highest BCUT2D eigenvalue weighted by Gasteiger charge is 2.09. The highest BCUT2D eigenvalue weighted by molar-refractivity contribution is 6.22. The Kier molecular flexibility index (Phi) is 4.83. The van der Waals surface area contributed by atoms with Crippen LogP contribution in [0.1, 0.15) is 10.4 Å². The summed E-state index contributed by atoms with van der Waals surface area (Å²) in [4.78, 5) is 11.7. The number of hydrogen-bond acceptors (Lipinski definition) is 2. The molecule has 0 atom stereocenters. The van der Waals surface area contributed by atoms with Gasteiger partial charge in [0.1, 0.15) is 0 Å². The number of nitrogen functional groups attached to an aromatic ring is 1. The minimum Gasteiger partial charge on any atom is -0.290 e. The van der Waals surface area contributed by atoms with E-state index in [1.165, 1.54) is 32.3 Å². The van der Waals surface area contributed by atoms with E-state index in [1.807, 2.05) is 36.4 Å². The Morgan fingerprint density at radius 2 is 0.941 bits per heavy atom. The quantitative estimate of drug-likeness (QED) is 0.0938. The third-order valence-electron chi connectivity index (χ3n) is 6.52. The van der Waals surface area contributed by atoms with Crippen molar-refractivity contribution in [3.8, 4) is 0 Å². The Hall–Kier alpha value is -4.47. The maximum Gasteiger partial charge on any atom is 0.265 e. The van der Waals surface area contributed by atoms with Crippen LogP contribution < -0.4 is 11.3 Å². The molecule has 0 fully saturated rings.